The van der Waals surface area contributed by atoms with Crippen LogP contribution in [-0.4, -0.2) is 48.5 Å². The number of nitrogens with zero attached hydrogens (tertiary/aromatic N) is 6. The Kier molecular flexibility index (Phi) is 4.70. The van der Waals surface area contributed by atoms with E-state index in [4.69, 9.17) is 4.74 Å². The number of hydrogen-bond acceptors (Lipinski definition) is 7. The van der Waals surface area contributed by atoms with Crippen molar-refractivity contribution in [3.8, 4) is 11.8 Å². The van der Waals surface area contributed by atoms with Gasteiger partial charge in [0, 0.05) is 33.3 Å². The largest absolute Gasteiger partial charge is 0.485 e. The number of nitriles is 1. The van der Waals surface area contributed by atoms with E-state index >= 15 is 0 Å². The summed E-state index contributed by atoms with van der Waals surface area (Å²) in [6, 6.07) is 6.07. The lowest BCUT2D eigenvalue weighted by molar-refractivity contribution is 0.225. The zero-order valence-corrected chi connectivity index (χ0v) is 15.0. The molecule has 3 heterocycles. The summed E-state index contributed by atoms with van der Waals surface area (Å²) in [5.74, 6) is 2.23. The number of ether oxygens (including phenoxy) is 1. The van der Waals surface area contributed by atoms with Crippen molar-refractivity contribution >= 4 is 11.6 Å². The molecule has 2 aromatic rings. The van der Waals surface area contributed by atoms with Crippen LogP contribution in [0.2, 0.25) is 0 Å². The number of hydrogen-bond donors (Lipinski definition) is 0. The zero-order valence-electron chi connectivity index (χ0n) is 15.0. The Morgan fingerprint density at radius 3 is 2.84 bits per heavy atom. The molecule has 1 fully saturated rings. The van der Waals surface area contributed by atoms with Gasteiger partial charge in [-0.2, -0.15) is 10.4 Å². The second kappa shape index (κ2) is 6.93. The maximum Gasteiger partial charge on any atom is 0.170 e. The van der Waals surface area contributed by atoms with Crippen molar-refractivity contribution in [1.29, 1.82) is 5.26 Å². The minimum absolute atomic E-state index is 0.0258. The minimum Gasteiger partial charge on any atom is -0.485 e. The van der Waals surface area contributed by atoms with Gasteiger partial charge in [-0.25, -0.2) is 4.98 Å². The first kappa shape index (κ1) is 17.0. The van der Waals surface area contributed by atoms with E-state index in [1.54, 1.807) is 6.20 Å². The van der Waals surface area contributed by atoms with Gasteiger partial charge in [0.05, 0.1) is 12.2 Å². The molecule has 1 aliphatic heterocycles. The Bertz CT molecular complexity index is 814. The molecule has 7 heteroatoms. The van der Waals surface area contributed by atoms with Gasteiger partial charge in [0.1, 0.15) is 17.7 Å². The molecular weight excluding hydrogens is 316 g/mol. The van der Waals surface area contributed by atoms with E-state index < -0.39 is 0 Å². The standard InChI is InChI=1S/C18H22N6O/c1-12-13(2)21-22-17(15(12)10-19)24-9-7-14(11-24)25-16-6-5-8-20-18(16)23(3)4/h5-6,8,14H,7,9,11H2,1-4H3. The normalized spacial score (nSPS) is 16.6. The minimum atomic E-state index is 0.0258. The van der Waals surface area contributed by atoms with Crippen LogP contribution in [-0.2, 0) is 0 Å². The number of anilines is 2. The maximum atomic E-state index is 9.49. The second-order valence-electron chi connectivity index (χ2n) is 6.41. The van der Waals surface area contributed by atoms with Gasteiger partial charge in [0.15, 0.2) is 17.4 Å². The van der Waals surface area contributed by atoms with Gasteiger partial charge in [-0.1, -0.05) is 0 Å². The highest BCUT2D eigenvalue weighted by Crippen LogP contribution is 2.29. The van der Waals surface area contributed by atoms with Crippen LogP contribution < -0.4 is 14.5 Å². The van der Waals surface area contributed by atoms with Crippen LogP contribution >= 0.6 is 0 Å². The van der Waals surface area contributed by atoms with Crippen LogP contribution in [0.15, 0.2) is 18.3 Å². The fraction of sp³-hybridized carbons (Fsp3) is 0.444. The lowest BCUT2D eigenvalue weighted by Crippen LogP contribution is -2.27. The molecule has 0 radical (unpaired) electrons. The first-order chi connectivity index (χ1) is 12.0. The molecule has 0 amide bonds. The average molecular weight is 338 g/mol. The number of aryl methyl sites for hydroxylation is 1. The molecule has 130 valence electrons. The summed E-state index contributed by atoms with van der Waals surface area (Å²) in [5, 5.41) is 17.9. The van der Waals surface area contributed by atoms with E-state index in [1.807, 2.05) is 45.0 Å². The molecule has 25 heavy (non-hydrogen) atoms. The van der Waals surface area contributed by atoms with Crippen LogP contribution in [0, 0.1) is 25.2 Å². The highest BCUT2D eigenvalue weighted by molar-refractivity contribution is 5.58. The van der Waals surface area contributed by atoms with Crippen molar-refractivity contribution < 1.29 is 4.74 Å². The van der Waals surface area contributed by atoms with Gasteiger partial charge in [0.2, 0.25) is 0 Å². The van der Waals surface area contributed by atoms with Crippen LogP contribution in [0.4, 0.5) is 11.6 Å². The van der Waals surface area contributed by atoms with E-state index in [0.717, 1.165) is 35.8 Å². The Morgan fingerprint density at radius 2 is 2.12 bits per heavy atom. The van der Waals surface area contributed by atoms with E-state index in [2.05, 4.69) is 26.2 Å². The molecule has 7 nitrogen and oxygen atoms in total. The van der Waals surface area contributed by atoms with Crippen LogP contribution in [0.5, 0.6) is 5.75 Å². The summed E-state index contributed by atoms with van der Waals surface area (Å²) in [4.78, 5) is 8.38. The molecule has 1 saturated heterocycles. The van der Waals surface area contributed by atoms with Crippen LogP contribution in [0.3, 0.4) is 0 Å². The van der Waals surface area contributed by atoms with Crippen molar-refractivity contribution in [2.75, 3.05) is 37.0 Å². The number of rotatable bonds is 4. The number of pyridine rings is 1. The molecule has 0 saturated carbocycles. The van der Waals surface area contributed by atoms with Crippen LogP contribution in [0.1, 0.15) is 23.2 Å². The topological polar surface area (TPSA) is 78.2 Å². The molecular formula is C18H22N6O. The molecule has 2 aromatic heterocycles. The predicted molar refractivity (Wildman–Crippen MR) is 96.0 cm³/mol. The quantitative estimate of drug-likeness (QED) is 0.844. The molecule has 1 atom stereocenters. The van der Waals surface area contributed by atoms with Gasteiger partial charge in [-0.15, -0.1) is 5.10 Å². The summed E-state index contributed by atoms with van der Waals surface area (Å²) in [6.07, 6.45) is 2.65. The SMILES string of the molecule is Cc1nnc(N2CCC(Oc3cccnc3N(C)C)C2)c(C#N)c1C. The summed E-state index contributed by atoms with van der Waals surface area (Å²) >= 11 is 0. The molecule has 3 rings (SSSR count). The maximum absolute atomic E-state index is 9.49. The third-order valence-electron chi connectivity index (χ3n) is 4.46. The molecule has 0 aromatic carbocycles. The fourth-order valence-corrected chi connectivity index (χ4v) is 2.96. The summed E-state index contributed by atoms with van der Waals surface area (Å²) in [6.45, 7) is 5.24. The van der Waals surface area contributed by atoms with Crippen molar-refractivity contribution in [2.45, 2.75) is 26.4 Å². The van der Waals surface area contributed by atoms with E-state index in [1.165, 1.54) is 0 Å². The third kappa shape index (κ3) is 3.33. The van der Waals surface area contributed by atoms with Gasteiger partial charge in [0.25, 0.3) is 0 Å². The van der Waals surface area contributed by atoms with Crippen molar-refractivity contribution in [3.63, 3.8) is 0 Å². The lowest BCUT2D eigenvalue weighted by atomic mass is 10.1. The fourth-order valence-electron chi connectivity index (χ4n) is 2.96. The first-order valence-corrected chi connectivity index (χ1v) is 8.29. The van der Waals surface area contributed by atoms with Crippen molar-refractivity contribution in [1.82, 2.24) is 15.2 Å². The molecule has 1 unspecified atom stereocenters. The Hall–Kier alpha value is -2.88. The summed E-state index contributed by atoms with van der Waals surface area (Å²) in [7, 11) is 3.89. The van der Waals surface area contributed by atoms with E-state index in [9.17, 15) is 5.26 Å². The van der Waals surface area contributed by atoms with Crippen molar-refractivity contribution in [3.05, 3.63) is 35.2 Å². The summed E-state index contributed by atoms with van der Waals surface area (Å²) < 4.78 is 6.17. The van der Waals surface area contributed by atoms with Gasteiger partial charge < -0.3 is 14.5 Å². The predicted octanol–water partition coefficient (Wildman–Crippen LogP) is 2.08. The van der Waals surface area contributed by atoms with Crippen LogP contribution in [0.25, 0.3) is 0 Å². The smallest absolute Gasteiger partial charge is 0.170 e. The van der Waals surface area contributed by atoms with Crippen molar-refractivity contribution in [2.24, 2.45) is 0 Å². The average Bonchev–Trinajstić information content (AvgIpc) is 3.05. The van der Waals surface area contributed by atoms with Gasteiger partial charge >= 0.3 is 0 Å². The van der Waals surface area contributed by atoms with Gasteiger partial charge in [-0.05, 0) is 31.5 Å². The highest BCUT2D eigenvalue weighted by atomic mass is 16.5. The van der Waals surface area contributed by atoms with Gasteiger partial charge in [-0.3, -0.25) is 0 Å². The molecule has 0 N–H and O–H groups in total. The molecule has 0 spiro atoms. The van der Waals surface area contributed by atoms with E-state index in [0.29, 0.717) is 17.9 Å². The lowest BCUT2D eigenvalue weighted by Gasteiger charge is -2.21. The Balaban J connectivity index is 1.78. The number of aromatic nitrogens is 3. The van der Waals surface area contributed by atoms with E-state index in [-0.39, 0.29) is 6.10 Å². The monoisotopic (exact) mass is 338 g/mol. The molecule has 0 bridgehead atoms. The summed E-state index contributed by atoms with van der Waals surface area (Å²) in [5.41, 5.74) is 2.28. The molecule has 0 aliphatic carbocycles. The second-order valence-corrected chi connectivity index (χ2v) is 6.41. The third-order valence-corrected chi connectivity index (χ3v) is 4.46. The molecule has 1 aliphatic rings. The zero-order chi connectivity index (χ0) is 18.0. The highest BCUT2D eigenvalue weighted by Gasteiger charge is 2.28. The Labute approximate surface area is 147 Å². The Morgan fingerprint density at radius 1 is 1.32 bits per heavy atom. The first-order valence-electron chi connectivity index (χ1n) is 8.29.